The van der Waals surface area contributed by atoms with Crippen molar-refractivity contribution >= 4 is 11.8 Å². The fourth-order valence-corrected chi connectivity index (χ4v) is 3.74. The lowest BCUT2D eigenvalue weighted by molar-refractivity contribution is -0.147. The SMILES string of the molecule is CC(=O)N1C(C)(C)CC(NCCC(=O)NN)CC1(C)C. The van der Waals surface area contributed by atoms with Gasteiger partial charge >= 0.3 is 0 Å². The van der Waals surface area contributed by atoms with Crippen molar-refractivity contribution in [2.75, 3.05) is 6.54 Å². The number of carbonyl (C=O) groups is 2. The van der Waals surface area contributed by atoms with E-state index in [2.05, 4.69) is 38.4 Å². The lowest BCUT2D eigenvalue weighted by atomic mass is 9.77. The van der Waals surface area contributed by atoms with E-state index in [1.807, 2.05) is 4.90 Å². The quantitative estimate of drug-likeness (QED) is 0.399. The van der Waals surface area contributed by atoms with Crippen LogP contribution in [0.5, 0.6) is 0 Å². The molecular weight excluding hydrogens is 256 g/mol. The number of piperidine rings is 1. The number of nitrogens with two attached hydrogens (primary N) is 1. The van der Waals surface area contributed by atoms with Crippen LogP contribution in [-0.4, -0.2) is 40.4 Å². The van der Waals surface area contributed by atoms with E-state index < -0.39 is 0 Å². The van der Waals surface area contributed by atoms with Crippen molar-refractivity contribution in [3.63, 3.8) is 0 Å². The molecule has 1 heterocycles. The fourth-order valence-electron chi connectivity index (χ4n) is 3.74. The first-order chi connectivity index (χ1) is 9.10. The summed E-state index contributed by atoms with van der Waals surface area (Å²) in [6.45, 7) is 10.6. The summed E-state index contributed by atoms with van der Waals surface area (Å²) in [5, 5.41) is 3.40. The van der Waals surface area contributed by atoms with Gasteiger partial charge in [-0.2, -0.15) is 0 Å². The minimum Gasteiger partial charge on any atom is -0.333 e. The average molecular weight is 284 g/mol. The standard InChI is InChI=1S/C14H28N4O2/c1-10(19)18-13(2,3)8-11(9-14(18,4)5)16-7-6-12(20)17-15/h11,16H,6-9,15H2,1-5H3,(H,17,20). The number of rotatable bonds is 4. The highest BCUT2D eigenvalue weighted by molar-refractivity contribution is 5.75. The molecule has 1 fully saturated rings. The second kappa shape index (κ2) is 6.10. The largest absolute Gasteiger partial charge is 0.333 e. The number of nitrogens with one attached hydrogen (secondary N) is 2. The number of likely N-dealkylation sites (tertiary alicyclic amines) is 1. The zero-order chi connectivity index (χ0) is 15.6. The monoisotopic (exact) mass is 284 g/mol. The van der Waals surface area contributed by atoms with Crippen LogP contribution >= 0.6 is 0 Å². The molecule has 0 aromatic rings. The molecule has 4 N–H and O–H groups in total. The molecule has 116 valence electrons. The van der Waals surface area contributed by atoms with Crippen LogP contribution in [0.15, 0.2) is 0 Å². The van der Waals surface area contributed by atoms with Crippen LogP contribution in [-0.2, 0) is 9.59 Å². The first-order valence-electron chi connectivity index (χ1n) is 7.14. The molecule has 1 rings (SSSR count). The van der Waals surface area contributed by atoms with Gasteiger partial charge < -0.3 is 10.2 Å². The zero-order valence-electron chi connectivity index (χ0n) is 13.2. The van der Waals surface area contributed by atoms with Crippen molar-refractivity contribution in [2.24, 2.45) is 5.84 Å². The molecule has 0 unspecified atom stereocenters. The van der Waals surface area contributed by atoms with Gasteiger partial charge in [-0.1, -0.05) is 0 Å². The maximum Gasteiger partial charge on any atom is 0.235 e. The molecule has 1 aliphatic rings. The molecule has 20 heavy (non-hydrogen) atoms. The van der Waals surface area contributed by atoms with Crippen LogP contribution in [0.2, 0.25) is 0 Å². The van der Waals surface area contributed by atoms with Gasteiger partial charge in [0.25, 0.3) is 0 Å². The number of hydrogen-bond acceptors (Lipinski definition) is 4. The minimum absolute atomic E-state index is 0.112. The number of carbonyl (C=O) groups excluding carboxylic acids is 2. The molecule has 0 aromatic carbocycles. The fraction of sp³-hybridized carbons (Fsp3) is 0.857. The summed E-state index contributed by atoms with van der Waals surface area (Å²) in [6, 6.07) is 0.293. The smallest absolute Gasteiger partial charge is 0.235 e. The van der Waals surface area contributed by atoms with Crippen molar-refractivity contribution in [3.05, 3.63) is 0 Å². The summed E-state index contributed by atoms with van der Waals surface area (Å²) in [7, 11) is 0. The van der Waals surface area contributed by atoms with Gasteiger partial charge in [-0.25, -0.2) is 5.84 Å². The average Bonchev–Trinajstić information content (AvgIpc) is 2.24. The lowest BCUT2D eigenvalue weighted by Gasteiger charge is -2.55. The number of hydrazine groups is 1. The van der Waals surface area contributed by atoms with Crippen LogP contribution < -0.4 is 16.6 Å². The Bertz CT molecular complexity index is 361. The molecular formula is C14H28N4O2. The zero-order valence-corrected chi connectivity index (χ0v) is 13.2. The molecule has 0 aliphatic carbocycles. The van der Waals surface area contributed by atoms with E-state index in [9.17, 15) is 9.59 Å². The number of nitrogens with zero attached hydrogens (tertiary/aromatic N) is 1. The molecule has 1 saturated heterocycles. The molecule has 0 saturated carbocycles. The second-order valence-corrected chi connectivity index (χ2v) is 6.86. The predicted octanol–water partition coefficient (Wildman–Crippen LogP) is 0.524. The summed E-state index contributed by atoms with van der Waals surface area (Å²) in [5.41, 5.74) is 1.74. The third-order valence-corrected chi connectivity index (χ3v) is 3.96. The summed E-state index contributed by atoms with van der Waals surface area (Å²) in [5.74, 6) is 5.00. The molecule has 1 aliphatic heterocycles. The van der Waals surface area contributed by atoms with Gasteiger partial charge in [-0.05, 0) is 40.5 Å². The molecule has 0 bridgehead atoms. The predicted molar refractivity (Wildman–Crippen MR) is 78.6 cm³/mol. The van der Waals surface area contributed by atoms with Crippen molar-refractivity contribution < 1.29 is 9.59 Å². The highest BCUT2D eigenvalue weighted by atomic mass is 16.2. The van der Waals surface area contributed by atoms with Gasteiger partial charge in [0, 0.05) is 37.0 Å². The summed E-state index contributed by atoms with van der Waals surface area (Å²) >= 11 is 0. The Hall–Kier alpha value is -1.14. The van der Waals surface area contributed by atoms with Crippen molar-refractivity contribution in [1.82, 2.24) is 15.6 Å². The molecule has 2 amide bonds. The summed E-state index contributed by atoms with van der Waals surface area (Å²) in [4.78, 5) is 25.0. The van der Waals surface area contributed by atoms with Crippen molar-refractivity contribution in [3.8, 4) is 0 Å². The number of amides is 2. The van der Waals surface area contributed by atoms with E-state index in [1.165, 1.54) is 0 Å². The first-order valence-corrected chi connectivity index (χ1v) is 7.14. The maximum absolute atomic E-state index is 11.9. The Kier molecular flexibility index (Phi) is 5.15. The third-order valence-electron chi connectivity index (χ3n) is 3.96. The van der Waals surface area contributed by atoms with Gasteiger partial charge in [0.05, 0.1) is 0 Å². The normalized spacial score (nSPS) is 21.6. The summed E-state index contributed by atoms with van der Waals surface area (Å²) < 4.78 is 0. The molecule has 6 heteroatoms. The van der Waals surface area contributed by atoms with E-state index in [1.54, 1.807) is 6.92 Å². The van der Waals surface area contributed by atoms with Crippen LogP contribution in [0.25, 0.3) is 0 Å². The van der Waals surface area contributed by atoms with E-state index in [-0.39, 0.29) is 22.9 Å². The van der Waals surface area contributed by atoms with Crippen molar-refractivity contribution in [1.29, 1.82) is 0 Å². The molecule has 0 aromatic heterocycles. The van der Waals surface area contributed by atoms with Crippen LogP contribution in [0.4, 0.5) is 0 Å². The van der Waals surface area contributed by atoms with E-state index in [4.69, 9.17) is 5.84 Å². The van der Waals surface area contributed by atoms with E-state index >= 15 is 0 Å². The first kappa shape index (κ1) is 16.9. The van der Waals surface area contributed by atoms with Crippen LogP contribution in [0.3, 0.4) is 0 Å². The topological polar surface area (TPSA) is 87.5 Å². The van der Waals surface area contributed by atoms with Gasteiger partial charge in [0.2, 0.25) is 11.8 Å². The van der Waals surface area contributed by atoms with Gasteiger partial charge in [0.15, 0.2) is 0 Å². The van der Waals surface area contributed by atoms with E-state index in [0.717, 1.165) is 12.8 Å². The van der Waals surface area contributed by atoms with Crippen molar-refractivity contribution in [2.45, 2.75) is 71.0 Å². The van der Waals surface area contributed by atoms with E-state index in [0.29, 0.717) is 19.0 Å². The Balaban J connectivity index is 2.67. The molecule has 0 radical (unpaired) electrons. The maximum atomic E-state index is 11.9. The second-order valence-electron chi connectivity index (χ2n) is 6.86. The highest BCUT2D eigenvalue weighted by Gasteiger charge is 2.46. The molecule has 6 nitrogen and oxygen atoms in total. The Morgan fingerprint density at radius 3 is 2.10 bits per heavy atom. The van der Waals surface area contributed by atoms with Crippen LogP contribution in [0.1, 0.15) is 53.9 Å². The molecule has 0 atom stereocenters. The summed E-state index contributed by atoms with van der Waals surface area (Å²) in [6.07, 6.45) is 2.12. The Morgan fingerprint density at radius 2 is 1.70 bits per heavy atom. The number of hydrogen-bond donors (Lipinski definition) is 3. The van der Waals surface area contributed by atoms with Gasteiger partial charge in [0.1, 0.15) is 0 Å². The highest BCUT2D eigenvalue weighted by Crippen LogP contribution is 2.38. The Morgan fingerprint density at radius 1 is 1.20 bits per heavy atom. The lowest BCUT2D eigenvalue weighted by Crippen LogP contribution is -2.65. The minimum atomic E-state index is -0.193. The van der Waals surface area contributed by atoms with Crippen LogP contribution in [0, 0.1) is 0 Å². The molecule has 0 spiro atoms. The van der Waals surface area contributed by atoms with Gasteiger partial charge in [-0.3, -0.25) is 15.0 Å². The Labute approximate surface area is 121 Å². The van der Waals surface area contributed by atoms with Gasteiger partial charge in [-0.15, -0.1) is 0 Å². The third kappa shape index (κ3) is 3.93.